The summed E-state index contributed by atoms with van der Waals surface area (Å²) in [7, 11) is 4.24. The van der Waals surface area contributed by atoms with E-state index < -0.39 is 0 Å². The number of rotatable bonds is 7. The van der Waals surface area contributed by atoms with Crippen molar-refractivity contribution in [2.75, 3.05) is 27.2 Å². The molecule has 1 aliphatic rings. The molecule has 2 nitrogen and oxygen atoms in total. The summed E-state index contributed by atoms with van der Waals surface area (Å²) >= 11 is 0. The Morgan fingerprint density at radius 3 is 2.76 bits per heavy atom. The summed E-state index contributed by atoms with van der Waals surface area (Å²) < 4.78 is 0. The topological polar surface area (TPSA) is 15.6 Å². The summed E-state index contributed by atoms with van der Waals surface area (Å²) in [6.07, 6.45) is 10.1. The van der Waals surface area contributed by atoms with Gasteiger partial charge in [-0.25, -0.2) is 0 Å². The van der Waals surface area contributed by atoms with Crippen molar-refractivity contribution >= 4 is 22.6 Å². The molecule has 0 aromatic heterocycles. The number of nitrogens with zero attached hydrogens (tertiary/aromatic N) is 2. The van der Waals surface area contributed by atoms with Gasteiger partial charge in [-0.15, -0.1) is 0 Å². The number of unbranched alkanes of at least 4 members (excludes halogenated alkanes) is 1. The van der Waals surface area contributed by atoms with E-state index in [2.05, 4.69) is 80.7 Å². The van der Waals surface area contributed by atoms with E-state index in [1.54, 1.807) is 0 Å². The van der Waals surface area contributed by atoms with Crippen molar-refractivity contribution in [2.45, 2.75) is 26.2 Å². The zero-order valence-electron chi connectivity index (χ0n) is 15.6. The van der Waals surface area contributed by atoms with Gasteiger partial charge >= 0.3 is 0 Å². The van der Waals surface area contributed by atoms with Gasteiger partial charge in [0.2, 0.25) is 0 Å². The molecule has 0 spiro atoms. The van der Waals surface area contributed by atoms with Crippen molar-refractivity contribution in [2.24, 2.45) is 4.99 Å². The summed E-state index contributed by atoms with van der Waals surface area (Å²) in [5.74, 6) is 0. The van der Waals surface area contributed by atoms with Gasteiger partial charge in [0, 0.05) is 24.9 Å². The van der Waals surface area contributed by atoms with E-state index in [0.29, 0.717) is 0 Å². The van der Waals surface area contributed by atoms with E-state index in [9.17, 15) is 0 Å². The van der Waals surface area contributed by atoms with Gasteiger partial charge in [0.15, 0.2) is 0 Å². The maximum atomic E-state index is 4.70. The fourth-order valence-corrected chi connectivity index (χ4v) is 3.37. The number of fused-ring (bicyclic) bond motifs is 1. The lowest BCUT2D eigenvalue weighted by Gasteiger charge is -2.11. The largest absolute Gasteiger partial charge is 0.305 e. The lowest BCUT2D eigenvalue weighted by molar-refractivity contribution is 0.449. The molecule has 0 amide bonds. The second-order valence-corrected chi connectivity index (χ2v) is 7.03. The van der Waals surface area contributed by atoms with Crippen LogP contribution < -0.4 is 0 Å². The molecule has 0 saturated heterocycles. The third kappa shape index (κ3) is 4.26. The van der Waals surface area contributed by atoms with Crippen LogP contribution in [0, 0.1) is 0 Å². The average molecular weight is 332 g/mol. The van der Waals surface area contributed by atoms with Crippen LogP contribution in [0.5, 0.6) is 0 Å². The fourth-order valence-electron chi connectivity index (χ4n) is 3.37. The average Bonchev–Trinajstić information content (AvgIpc) is 3.06. The quantitative estimate of drug-likeness (QED) is 0.494. The Kier molecular flexibility index (Phi) is 5.83. The normalized spacial score (nSPS) is 14.6. The Morgan fingerprint density at radius 1 is 1.12 bits per heavy atom. The van der Waals surface area contributed by atoms with Gasteiger partial charge in [0.25, 0.3) is 0 Å². The predicted octanol–water partition coefficient (Wildman–Crippen LogP) is 5.33. The van der Waals surface area contributed by atoms with Gasteiger partial charge in [-0.05, 0) is 54.4 Å². The number of benzene rings is 2. The second kappa shape index (κ2) is 8.26. The first-order valence-electron chi connectivity index (χ1n) is 9.25. The molecule has 25 heavy (non-hydrogen) atoms. The summed E-state index contributed by atoms with van der Waals surface area (Å²) in [5.41, 5.74) is 5.39. The number of hydrogen-bond donors (Lipinski definition) is 0. The molecule has 2 aromatic carbocycles. The van der Waals surface area contributed by atoms with E-state index in [1.807, 2.05) is 0 Å². The molecule has 0 heterocycles. The van der Waals surface area contributed by atoms with Crippen LogP contribution in [0.3, 0.4) is 0 Å². The Bertz CT molecular complexity index is 825. The van der Waals surface area contributed by atoms with Crippen LogP contribution in [0.4, 0.5) is 0 Å². The highest BCUT2D eigenvalue weighted by molar-refractivity contribution is 6.04. The highest BCUT2D eigenvalue weighted by atomic mass is 15.0. The first kappa shape index (κ1) is 17.6. The van der Waals surface area contributed by atoms with Crippen molar-refractivity contribution in [3.63, 3.8) is 0 Å². The van der Waals surface area contributed by atoms with E-state index in [4.69, 9.17) is 4.99 Å². The molecule has 2 heteroatoms. The lowest BCUT2D eigenvalue weighted by Crippen LogP contribution is -2.13. The van der Waals surface area contributed by atoms with Crippen LogP contribution in [0.2, 0.25) is 0 Å². The van der Waals surface area contributed by atoms with Gasteiger partial charge in [0.1, 0.15) is 0 Å². The van der Waals surface area contributed by atoms with Crippen molar-refractivity contribution in [3.8, 4) is 0 Å². The molecule has 130 valence electrons. The van der Waals surface area contributed by atoms with Crippen molar-refractivity contribution < 1.29 is 0 Å². The Hall–Kier alpha value is -2.19. The Balaban J connectivity index is 1.99. The standard InChI is InChI=1S/C23H28N2/c1-4-5-14-24-16-23-21-9-7-6-8-19(21)12-13-22(23)20-11-10-18(15-20)17-25(2)3/h6-10,12-13,15-16H,4-5,11,14,17H2,1-3H3. The monoisotopic (exact) mass is 332 g/mol. The highest BCUT2D eigenvalue weighted by Crippen LogP contribution is 2.32. The molecule has 1 aliphatic carbocycles. The van der Waals surface area contributed by atoms with Gasteiger partial charge in [-0.3, -0.25) is 4.99 Å². The highest BCUT2D eigenvalue weighted by Gasteiger charge is 2.14. The maximum absolute atomic E-state index is 4.70. The Labute approximate surface area is 151 Å². The number of allylic oxidation sites excluding steroid dienone is 2. The van der Waals surface area contributed by atoms with E-state index >= 15 is 0 Å². The predicted molar refractivity (Wildman–Crippen MR) is 111 cm³/mol. The zero-order chi connectivity index (χ0) is 17.6. The summed E-state index contributed by atoms with van der Waals surface area (Å²) in [6, 6.07) is 13.1. The number of aliphatic imine (C=N–C) groups is 1. The molecule has 0 N–H and O–H groups in total. The molecule has 0 radical (unpaired) electrons. The van der Waals surface area contributed by atoms with Gasteiger partial charge in [-0.2, -0.15) is 0 Å². The molecule has 0 saturated carbocycles. The van der Waals surface area contributed by atoms with Crippen LogP contribution >= 0.6 is 0 Å². The third-order valence-electron chi connectivity index (χ3n) is 4.62. The van der Waals surface area contributed by atoms with Gasteiger partial charge in [0.05, 0.1) is 0 Å². The lowest BCUT2D eigenvalue weighted by atomic mass is 9.94. The van der Waals surface area contributed by atoms with E-state index in [1.165, 1.54) is 39.5 Å². The minimum atomic E-state index is 0.905. The molecule has 2 aromatic rings. The van der Waals surface area contributed by atoms with Crippen molar-refractivity contribution in [1.29, 1.82) is 0 Å². The fraction of sp³-hybridized carbons (Fsp3) is 0.348. The maximum Gasteiger partial charge on any atom is 0.0389 e. The smallest absolute Gasteiger partial charge is 0.0389 e. The van der Waals surface area contributed by atoms with Crippen molar-refractivity contribution in [1.82, 2.24) is 4.90 Å². The third-order valence-corrected chi connectivity index (χ3v) is 4.62. The molecule has 0 atom stereocenters. The first-order chi connectivity index (χ1) is 12.2. The minimum Gasteiger partial charge on any atom is -0.305 e. The molecule has 0 fully saturated rings. The molecular formula is C23H28N2. The van der Waals surface area contributed by atoms with Crippen LogP contribution in [-0.4, -0.2) is 38.3 Å². The molecule has 0 unspecified atom stereocenters. The summed E-state index contributed by atoms with van der Waals surface area (Å²) in [4.78, 5) is 6.92. The Morgan fingerprint density at radius 2 is 1.96 bits per heavy atom. The molecular weight excluding hydrogens is 304 g/mol. The van der Waals surface area contributed by atoms with Crippen LogP contribution in [0.1, 0.15) is 37.3 Å². The van der Waals surface area contributed by atoms with Gasteiger partial charge < -0.3 is 4.90 Å². The summed E-state index contributed by atoms with van der Waals surface area (Å²) in [5, 5.41) is 2.57. The van der Waals surface area contributed by atoms with E-state index in [0.717, 1.165) is 25.9 Å². The summed E-state index contributed by atoms with van der Waals surface area (Å²) in [6.45, 7) is 4.11. The van der Waals surface area contributed by atoms with E-state index in [-0.39, 0.29) is 0 Å². The van der Waals surface area contributed by atoms with Gasteiger partial charge in [-0.1, -0.05) is 61.9 Å². The van der Waals surface area contributed by atoms with Crippen LogP contribution in [0.15, 0.2) is 59.1 Å². The SMILES string of the molecule is CCCCN=Cc1c(C2=CC(CN(C)C)=CC2)ccc2ccccc12. The molecule has 0 bridgehead atoms. The van der Waals surface area contributed by atoms with Crippen molar-refractivity contribution in [3.05, 3.63) is 65.3 Å². The molecule has 3 rings (SSSR count). The first-order valence-corrected chi connectivity index (χ1v) is 9.25. The second-order valence-electron chi connectivity index (χ2n) is 7.03. The minimum absolute atomic E-state index is 0.905. The number of hydrogen-bond acceptors (Lipinski definition) is 2. The zero-order valence-corrected chi connectivity index (χ0v) is 15.6. The number of likely N-dealkylation sites (N-methyl/N-ethyl adjacent to an activating group) is 1. The van der Waals surface area contributed by atoms with Crippen LogP contribution in [-0.2, 0) is 0 Å². The molecule has 0 aliphatic heterocycles. The van der Waals surface area contributed by atoms with Crippen LogP contribution in [0.25, 0.3) is 16.3 Å².